The van der Waals surface area contributed by atoms with Gasteiger partial charge in [0.05, 0.1) is 5.69 Å². The summed E-state index contributed by atoms with van der Waals surface area (Å²) in [5, 5.41) is 13.2. The highest BCUT2D eigenvalue weighted by Gasteiger charge is 2.05. The predicted molar refractivity (Wildman–Crippen MR) is 56.1 cm³/mol. The van der Waals surface area contributed by atoms with Crippen LogP contribution in [0.1, 0.15) is 5.56 Å². The fourth-order valence-electron chi connectivity index (χ4n) is 0.986. The van der Waals surface area contributed by atoms with Gasteiger partial charge in [-0.25, -0.2) is 4.39 Å². The van der Waals surface area contributed by atoms with Gasteiger partial charge in [-0.3, -0.25) is 5.32 Å². The zero-order chi connectivity index (χ0) is 10.6. The molecule has 0 aromatic heterocycles. The van der Waals surface area contributed by atoms with Gasteiger partial charge in [-0.05, 0) is 30.8 Å². The summed E-state index contributed by atoms with van der Waals surface area (Å²) < 4.78 is 13.2. The quantitative estimate of drug-likeness (QED) is 0.421. The van der Waals surface area contributed by atoms with E-state index in [9.17, 15) is 4.39 Å². The van der Waals surface area contributed by atoms with E-state index in [1.807, 2.05) is 0 Å². The summed E-state index contributed by atoms with van der Waals surface area (Å²) in [6.07, 6.45) is 1.65. The summed E-state index contributed by atoms with van der Waals surface area (Å²) in [7, 11) is 0. The standard InChI is InChI=1S/C9H8FN3S/c1-6-3-2-4-7(10)8(6)13-9(14)12-5-11/h2-4H,1H3,(H2,12,13,14). The lowest BCUT2D eigenvalue weighted by Gasteiger charge is -2.09. The molecule has 0 bridgehead atoms. The summed E-state index contributed by atoms with van der Waals surface area (Å²) >= 11 is 4.74. The Hall–Kier alpha value is -1.67. The Labute approximate surface area is 86.5 Å². The normalized spacial score (nSPS) is 8.93. The Bertz CT molecular complexity index is 377. The molecule has 0 heterocycles. The molecule has 0 aliphatic heterocycles. The maximum absolute atomic E-state index is 13.2. The van der Waals surface area contributed by atoms with Crippen molar-refractivity contribution in [2.24, 2.45) is 0 Å². The molecule has 0 unspecified atom stereocenters. The van der Waals surface area contributed by atoms with Crippen LogP contribution in [0.15, 0.2) is 18.2 Å². The fraction of sp³-hybridized carbons (Fsp3) is 0.111. The lowest BCUT2D eigenvalue weighted by atomic mass is 10.2. The molecule has 1 aromatic rings. The van der Waals surface area contributed by atoms with Crippen molar-refractivity contribution in [2.45, 2.75) is 6.92 Å². The molecule has 14 heavy (non-hydrogen) atoms. The number of para-hydroxylation sites is 1. The van der Waals surface area contributed by atoms with Crippen molar-refractivity contribution >= 4 is 23.0 Å². The number of halogens is 1. The van der Waals surface area contributed by atoms with E-state index in [1.165, 1.54) is 6.07 Å². The van der Waals surface area contributed by atoms with Gasteiger partial charge in [0.15, 0.2) is 11.3 Å². The van der Waals surface area contributed by atoms with Crippen LogP contribution in [-0.4, -0.2) is 5.11 Å². The molecule has 0 spiro atoms. The van der Waals surface area contributed by atoms with E-state index in [2.05, 4.69) is 10.6 Å². The Morgan fingerprint density at radius 2 is 2.29 bits per heavy atom. The molecule has 1 rings (SSSR count). The van der Waals surface area contributed by atoms with E-state index in [0.29, 0.717) is 5.69 Å². The SMILES string of the molecule is Cc1cccc(F)c1NC(=S)NC#N. The number of hydrogen-bond donors (Lipinski definition) is 2. The van der Waals surface area contributed by atoms with E-state index >= 15 is 0 Å². The second-order valence-corrected chi connectivity index (χ2v) is 3.03. The van der Waals surface area contributed by atoms with Crippen LogP contribution in [-0.2, 0) is 0 Å². The Morgan fingerprint density at radius 3 is 2.86 bits per heavy atom. The maximum Gasteiger partial charge on any atom is 0.184 e. The second kappa shape index (κ2) is 4.53. The van der Waals surface area contributed by atoms with E-state index in [-0.39, 0.29) is 5.11 Å². The first-order valence-corrected chi connectivity index (χ1v) is 4.27. The number of rotatable bonds is 1. The third-order valence-electron chi connectivity index (χ3n) is 1.63. The van der Waals surface area contributed by atoms with E-state index in [4.69, 9.17) is 17.5 Å². The minimum Gasteiger partial charge on any atom is -0.329 e. The van der Waals surface area contributed by atoms with Crippen molar-refractivity contribution in [2.75, 3.05) is 5.32 Å². The number of aryl methyl sites for hydroxylation is 1. The zero-order valence-electron chi connectivity index (χ0n) is 7.47. The van der Waals surface area contributed by atoms with Crippen LogP contribution >= 0.6 is 12.2 Å². The van der Waals surface area contributed by atoms with Gasteiger partial charge in [0.1, 0.15) is 5.82 Å². The van der Waals surface area contributed by atoms with E-state index in [1.54, 1.807) is 25.2 Å². The van der Waals surface area contributed by atoms with Crippen molar-refractivity contribution < 1.29 is 4.39 Å². The van der Waals surface area contributed by atoms with Crippen LogP contribution in [0.4, 0.5) is 10.1 Å². The van der Waals surface area contributed by atoms with Crippen molar-refractivity contribution in [1.82, 2.24) is 5.32 Å². The smallest absolute Gasteiger partial charge is 0.184 e. The van der Waals surface area contributed by atoms with Crippen molar-refractivity contribution in [3.63, 3.8) is 0 Å². The minimum absolute atomic E-state index is 0.0840. The number of nitrogens with zero attached hydrogens (tertiary/aromatic N) is 1. The number of hydrogen-bond acceptors (Lipinski definition) is 2. The van der Waals surface area contributed by atoms with Crippen molar-refractivity contribution in [3.05, 3.63) is 29.6 Å². The van der Waals surface area contributed by atoms with E-state index < -0.39 is 5.82 Å². The average molecular weight is 209 g/mol. The van der Waals surface area contributed by atoms with Crippen LogP contribution in [0.2, 0.25) is 0 Å². The average Bonchev–Trinajstić information content (AvgIpc) is 2.12. The van der Waals surface area contributed by atoms with Crippen molar-refractivity contribution in [1.29, 1.82) is 5.26 Å². The topological polar surface area (TPSA) is 47.8 Å². The molecule has 3 nitrogen and oxygen atoms in total. The summed E-state index contributed by atoms with van der Waals surface area (Å²) in [4.78, 5) is 0. The van der Waals surface area contributed by atoms with Gasteiger partial charge in [-0.2, -0.15) is 5.26 Å². The van der Waals surface area contributed by atoms with Gasteiger partial charge < -0.3 is 5.32 Å². The first kappa shape index (κ1) is 10.4. The number of thiocarbonyl (C=S) groups is 1. The fourth-order valence-corrected chi connectivity index (χ4v) is 1.13. The summed E-state index contributed by atoms with van der Waals surface area (Å²) in [6.45, 7) is 1.75. The predicted octanol–water partition coefficient (Wildman–Crippen LogP) is 1.90. The molecule has 0 atom stereocenters. The Balaban J connectivity index is 2.87. The molecule has 0 saturated heterocycles. The molecule has 2 N–H and O–H groups in total. The molecule has 0 radical (unpaired) electrons. The number of anilines is 1. The van der Waals surface area contributed by atoms with E-state index in [0.717, 1.165) is 5.56 Å². The molecule has 0 aliphatic carbocycles. The highest BCUT2D eigenvalue weighted by Crippen LogP contribution is 2.18. The van der Waals surface area contributed by atoms with Gasteiger partial charge in [-0.15, -0.1) is 0 Å². The van der Waals surface area contributed by atoms with Crippen LogP contribution in [0.25, 0.3) is 0 Å². The van der Waals surface area contributed by atoms with Crippen LogP contribution in [0.3, 0.4) is 0 Å². The van der Waals surface area contributed by atoms with Crippen molar-refractivity contribution in [3.8, 4) is 6.19 Å². The monoisotopic (exact) mass is 209 g/mol. The second-order valence-electron chi connectivity index (χ2n) is 2.62. The molecule has 0 fully saturated rings. The molecule has 0 aliphatic rings. The number of nitrogens with one attached hydrogen (secondary N) is 2. The summed E-state index contributed by atoms with van der Waals surface area (Å²) in [6, 6.07) is 4.68. The molecule has 0 amide bonds. The van der Waals surface area contributed by atoms with Gasteiger partial charge in [0.25, 0.3) is 0 Å². The highest BCUT2D eigenvalue weighted by molar-refractivity contribution is 7.80. The van der Waals surface area contributed by atoms with Crippen LogP contribution in [0.5, 0.6) is 0 Å². The van der Waals surface area contributed by atoms with Crippen LogP contribution < -0.4 is 10.6 Å². The Morgan fingerprint density at radius 1 is 1.57 bits per heavy atom. The lowest BCUT2D eigenvalue weighted by molar-refractivity contribution is 0.631. The van der Waals surface area contributed by atoms with Gasteiger partial charge in [-0.1, -0.05) is 12.1 Å². The lowest BCUT2D eigenvalue weighted by Crippen LogP contribution is -2.24. The first-order valence-electron chi connectivity index (χ1n) is 3.86. The molecular formula is C9H8FN3S. The highest BCUT2D eigenvalue weighted by atomic mass is 32.1. The molecule has 1 aromatic carbocycles. The molecule has 72 valence electrons. The summed E-state index contributed by atoms with van der Waals surface area (Å²) in [5.74, 6) is -0.396. The van der Waals surface area contributed by atoms with Gasteiger partial charge in [0, 0.05) is 0 Å². The summed E-state index contributed by atoms with van der Waals surface area (Å²) in [5.41, 5.74) is 1.02. The molecule has 0 saturated carbocycles. The largest absolute Gasteiger partial charge is 0.329 e. The van der Waals surface area contributed by atoms with Gasteiger partial charge in [0.2, 0.25) is 0 Å². The number of benzene rings is 1. The minimum atomic E-state index is -0.396. The molecular weight excluding hydrogens is 201 g/mol. The zero-order valence-corrected chi connectivity index (χ0v) is 8.28. The maximum atomic E-state index is 13.2. The van der Waals surface area contributed by atoms with Crippen LogP contribution in [0, 0.1) is 24.2 Å². The van der Waals surface area contributed by atoms with Gasteiger partial charge >= 0.3 is 0 Å². The number of nitriles is 1. The molecule has 5 heteroatoms. The Kier molecular flexibility index (Phi) is 3.37. The third-order valence-corrected chi connectivity index (χ3v) is 1.83. The third kappa shape index (κ3) is 2.41. The first-order chi connectivity index (χ1) is 6.65.